The zero-order chi connectivity index (χ0) is 20.3. The zero-order valence-electron chi connectivity index (χ0n) is 17.6. The standard InChI is InChI=1S/C21H31N5O2/c1-15-6-7-19(28-5)18(12-15)13-25-8-10-26(11-9-25)14-20(27)22-21-16(2)23-24(4)17(21)3/h6-7,12H,8-11,13-14H2,1-5H3,(H,22,27). The lowest BCUT2D eigenvalue weighted by Gasteiger charge is -2.34. The Bertz CT molecular complexity index is 838. The van der Waals surface area contributed by atoms with Crippen LogP contribution >= 0.6 is 0 Å². The third-order valence-electron chi connectivity index (χ3n) is 5.44. The van der Waals surface area contributed by atoms with Gasteiger partial charge in [0.1, 0.15) is 5.75 Å². The highest BCUT2D eigenvalue weighted by Crippen LogP contribution is 2.22. The summed E-state index contributed by atoms with van der Waals surface area (Å²) in [5.74, 6) is 0.961. The molecule has 2 aromatic rings. The molecule has 1 aliphatic rings. The summed E-state index contributed by atoms with van der Waals surface area (Å²) in [7, 11) is 3.61. The van der Waals surface area contributed by atoms with Crippen molar-refractivity contribution < 1.29 is 9.53 Å². The van der Waals surface area contributed by atoms with Gasteiger partial charge in [0.05, 0.1) is 30.7 Å². The lowest BCUT2D eigenvalue weighted by molar-refractivity contribution is -0.117. The van der Waals surface area contributed by atoms with Gasteiger partial charge in [-0.05, 0) is 26.8 Å². The van der Waals surface area contributed by atoms with E-state index in [2.05, 4.69) is 39.3 Å². The molecule has 3 rings (SSSR count). The van der Waals surface area contributed by atoms with E-state index < -0.39 is 0 Å². The number of amides is 1. The molecule has 0 saturated carbocycles. The van der Waals surface area contributed by atoms with Gasteiger partial charge in [0, 0.05) is 45.3 Å². The summed E-state index contributed by atoms with van der Waals surface area (Å²) in [5.41, 5.74) is 5.12. The summed E-state index contributed by atoms with van der Waals surface area (Å²) in [6.07, 6.45) is 0. The SMILES string of the molecule is COc1ccc(C)cc1CN1CCN(CC(=O)Nc2c(C)nn(C)c2C)CC1. The molecule has 1 N–H and O–H groups in total. The zero-order valence-corrected chi connectivity index (χ0v) is 17.6. The number of anilines is 1. The van der Waals surface area contributed by atoms with Gasteiger partial charge in [-0.3, -0.25) is 19.3 Å². The van der Waals surface area contributed by atoms with Gasteiger partial charge < -0.3 is 10.1 Å². The highest BCUT2D eigenvalue weighted by molar-refractivity contribution is 5.93. The highest BCUT2D eigenvalue weighted by atomic mass is 16.5. The van der Waals surface area contributed by atoms with Crippen molar-refractivity contribution in [1.82, 2.24) is 19.6 Å². The number of carbonyl (C=O) groups is 1. The quantitative estimate of drug-likeness (QED) is 0.825. The van der Waals surface area contributed by atoms with Crippen molar-refractivity contribution in [1.29, 1.82) is 0 Å². The Balaban J connectivity index is 1.50. The minimum atomic E-state index is 0.0213. The molecule has 0 spiro atoms. The summed E-state index contributed by atoms with van der Waals surface area (Å²) >= 11 is 0. The molecule has 1 fully saturated rings. The van der Waals surface area contributed by atoms with E-state index in [1.54, 1.807) is 11.8 Å². The van der Waals surface area contributed by atoms with Crippen LogP contribution in [0, 0.1) is 20.8 Å². The van der Waals surface area contributed by atoms with E-state index >= 15 is 0 Å². The summed E-state index contributed by atoms with van der Waals surface area (Å²) in [6, 6.07) is 6.30. The fraction of sp³-hybridized carbons (Fsp3) is 0.524. The average molecular weight is 386 g/mol. The Morgan fingerprint density at radius 2 is 1.82 bits per heavy atom. The van der Waals surface area contributed by atoms with E-state index in [0.29, 0.717) is 6.54 Å². The number of hydrogen-bond acceptors (Lipinski definition) is 5. The van der Waals surface area contributed by atoms with E-state index in [0.717, 1.165) is 55.5 Å². The molecule has 7 heteroatoms. The lowest BCUT2D eigenvalue weighted by atomic mass is 10.1. The number of methoxy groups -OCH3 is 1. The van der Waals surface area contributed by atoms with Crippen LogP contribution in [0.2, 0.25) is 0 Å². The monoisotopic (exact) mass is 385 g/mol. The van der Waals surface area contributed by atoms with Gasteiger partial charge in [0.2, 0.25) is 5.91 Å². The molecule has 7 nitrogen and oxygen atoms in total. The number of aromatic nitrogens is 2. The molecule has 0 bridgehead atoms. The van der Waals surface area contributed by atoms with Crippen LogP contribution in [0.15, 0.2) is 18.2 Å². The number of nitrogens with zero attached hydrogens (tertiary/aromatic N) is 4. The van der Waals surface area contributed by atoms with Gasteiger partial charge in [-0.1, -0.05) is 17.7 Å². The first kappa shape index (κ1) is 20.4. The molecule has 152 valence electrons. The minimum absolute atomic E-state index is 0.0213. The van der Waals surface area contributed by atoms with Gasteiger partial charge >= 0.3 is 0 Å². The fourth-order valence-corrected chi connectivity index (χ4v) is 3.71. The number of benzene rings is 1. The van der Waals surface area contributed by atoms with Crippen molar-refractivity contribution >= 4 is 11.6 Å². The van der Waals surface area contributed by atoms with Gasteiger partial charge in [0.15, 0.2) is 0 Å². The van der Waals surface area contributed by atoms with Crippen molar-refractivity contribution in [2.45, 2.75) is 27.3 Å². The van der Waals surface area contributed by atoms with Crippen molar-refractivity contribution in [2.24, 2.45) is 7.05 Å². The van der Waals surface area contributed by atoms with Crippen LogP contribution in [0.25, 0.3) is 0 Å². The van der Waals surface area contributed by atoms with E-state index in [-0.39, 0.29) is 5.91 Å². The van der Waals surface area contributed by atoms with Gasteiger partial charge in [-0.15, -0.1) is 0 Å². The number of nitrogens with one attached hydrogen (secondary N) is 1. The summed E-state index contributed by atoms with van der Waals surface area (Å²) in [5, 5.41) is 7.38. The van der Waals surface area contributed by atoms with Gasteiger partial charge in [0.25, 0.3) is 0 Å². The number of ether oxygens (including phenoxy) is 1. The molecule has 1 aromatic carbocycles. The second-order valence-electron chi connectivity index (χ2n) is 7.59. The summed E-state index contributed by atoms with van der Waals surface area (Å²) < 4.78 is 7.29. The van der Waals surface area contributed by atoms with Crippen LogP contribution in [0.3, 0.4) is 0 Å². The maximum atomic E-state index is 12.5. The predicted octanol–water partition coefficient (Wildman–Crippen LogP) is 2.11. The molecule has 0 unspecified atom stereocenters. The topological polar surface area (TPSA) is 62.6 Å². The van der Waals surface area contributed by atoms with Crippen LogP contribution in [0.5, 0.6) is 5.75 Å². The second kappa shape index (κ2) is 8.75. The van der Waals surface area contributed by atoms with Crippen molar-refractivity contribution in [3.05, 3.63) is 40.7 Å². The number of carbonyl (C=O) groups excluding carboxylic acids is 1. The largest absolute Gasteiger partial charge is 0.496 e. The maximum Gasteiger partial charge on any atom is 0.238 e. The number of hydrogen-bond donors (Lipinski definition) is 1. The molecule has 28 heavy (non-hydrogen) atoms. The van der Waals surface area contributed by atoms with E-state index in [1.807, 2.05) is 27.0 Å². The number of rotatable bonds is 6. The Morgan fingerprint density at radius 1 is 1.14 bits per heavy atom. The third-order valence-corrected chi connectivity index (χ3v) is 5.44. The molecule has 1 amide bonds. The Morgan fingerprint density at radius 3 is 2.43 bits per heavy atom. The minimum Gasteiger partial charge on any atom is -0.496 e. The highest BCUT2D eigenvalue weighted by Gasteiger charge is 2.21. The molecule has 1 aliphatic heterocycles. The van der Waals surface area contributed by atoms with Gasteiger partial charge in [-0.25, -0.2) is 0 Å². The van der Waals surface area contributed by atoms with Crippen LogP contribution in [0.4, 0.5) is 5.69 Å². The predicted molar refractivity (Wildman–Crippen MR) is 111 cm³/mol. The smallest absolute Gasteiger partial charge is 0.238 e. The third kappa shape index (κ3) is 4.72. The van der Waals surface area contributed by atoms with Crippen LogP contribution in [0.1, 0.15) is 22.5 Å². The Hall–Kier alpha value is -2.38. The molecular formula is C21H31N5O2. The molecule has 0 aliphatic carbocycles. The normalized spacial score (nSPS) is 15.6. The Kier molecular flexibility index (Phi) is 6.36. The van der Waals surface area contributed by atoms with Crippen LogP contribution in [-0.4, -0.2) is 65.3 Å². The number of piperazine rings is 1. The first-order valence-corrected chi connectivity index (χ1v) is 9.75. The van der Waals surface area contributed by atoms with E-state index in [1.165, 1.54) is 11.1 Å². The summed E-state index contributed by atoms with van der Waals surface area (Å²) in [6.45, 7) is 10.9. The van der Waals surface area contributed by atoms with Crippen molar-refractivity contribution in [3.63, 3.8) is 0 Å². The molecule has 1 aromatic heterocycles. The Labute approximate surface area is 167 Å². The molecule has 1 saturated heterocycles. The second-order valence-corrected chi connectivity index (χ2v) is 7.59. The molecule has 2 heterocycles. The van der Waals surface area contributed by atoms with Crippen LogP contribution in [-0.2, 0) is 18.4 Å². The summed E-state index contributed by atoms with van der Waals surface area (Å²) in [4.78, 5) is 17.1. The molecular weight excluding hydrogens is 354 g/mol. The van der Waals surface area contributed by atoms with Crippen molar-refractivity contribution in [3.8, 4) is 5.75 Å². The first-order chi connectivity index (χ1) is 13.4. The average Bonchev–Trinajstić information content (AvgIpc) is 2.90. The van der Waals surface area contributed by atoms with Gasteiger partial charge in [-0.2, -0.15) is 5.10 Å². The number of aryl methyl sites for hydroxylation is 3. The van der Waals surface area contributed by atoms with E-state index in [4.69, 9.17) is 4.74 Å². The van der Waals surface area contributed by atoms with E-state index in [9.17, 15) is 4.79 Å². The molecule has 0 atom stereocenters. The first-order valence-electron chi connectivity index (χ1n) is 9.75. The lowest BCUT2D eigenvalue weighted by Crippen LogP contribution is -2.48. The fourth-order valence-electron chi connectivity index (χ4n) is 3.71. The maximum absolute atomic E-state index is 12.5. The molecule has 0 radical (unpaired) electrons. The van der Waals surface area contributed by atoms with Crippen molar-refractivity contribution in [2.75, 3.05) is 45.2 Å². The van der Waals surface area contributed by atoms with Crippen LogP contribution < -0.4 is 10.1 Å².